The van der Waals surface area contributed by atoms with E-state index in [0.29, 0.717) is 0 Å². The molecule has 0 aliphatic heterocycles. The number of hydrogen-bond donors (Lipinski definition) is 1. The van der Waals surface area contributed by atoms with E-state index in [1.54, 1.807) is 6.92 Å². The maximum atomic E-state index is 9.96. The molecule has 0 rings (SSSR count). The zero-order valence-electron chi connectivity index (χ0n) is 5.59. The predicted octanol–water partition coefficient (Wildman–Crippen LogP) is 0.117. The van der Waals surface area contributed by atoms with E-state index < -0.39 is 6.09 Å². The van der Waals surface area contributed by atoms with E-state index in [2.05, 4.69) is 10.5 Å². The third-order valence-electron chi connectivity index (χ3n) is 0.863. The summed E-state index contributed by atoms with van der Waals surface area (Å²) in [7, 11) is 1.54. The number of carbonyl (C=O) groups is 1. The van der Waals surface area contributed by atoms with Crippen LogP contribution >= 0.6 is 0 Å². The Labute approximate surface area is 53.9 Å². The van der Waals surface area contributed by atoms with Gasteiger partial charge >= 0.3 is 6.09 Å². The molecule has 0 fully saturated rings. The van der Waals surface area contributed by atoms with Gasteiger partial charge in [-0.3, -0.25) is 0 Å². The molecule has 0 radical (unpaired) electrons. The summed E-state index contributed by atoms with van der Waals surface area (Å²) in [5.41, 5.74) is 4.68. The van der Waals surface area contributed by atoms with Gasteiger partial charge in [-0.05, 0) is 6.92 Å². The van der Waals surface area contributed by atoms with Gasteiger partial charge in [-0.25, -0.2) is 4.79 Å². The molecule has 0 aromatic heterocycles. The van der Waals surface area contributed by atoms with Gasteiger partial charge in [0.25, 0.3) is 0 Å². The fourth-order valence-corrected chi connectivity index (χ4v) is 0.268. The quantitative estimate of drug-likeness (QED) is 0.594. The summed E-state index contributed by atoms with van der Waals surface area (Å²) < 4.78 is 9.18. The molecule has 1 amide bonds. The molecule has 0 saturated heterocycles. The van der Waals surface area contributed by atoms with Crippen LogP contribution in [-0.4, -0.2) is 25.9 Å². The zero-order valence-corrected chi connectivity index (χ0v) is 5.59. The van der Waals surface area contributed by atoms with Crippen LogP contribution in [-0.2, 0) is 9.47 Å². The lowest BCUT2D eigenvalue weighted by atomic mass is 10.4. The first-order valence-electron chi connectivity index (χ1n) is 2.62. The van der Waals surface area contributed by atoms with Crippen molar-refractivity contribution in [3.05, 3.63) is 0 Å². The van der Waals surface area contributed by atoms with Gasteiger partial charge in [0.2, 0.25) is 0 Å². The molecule has 4 nitrogen and oxygen atoms in total. The van der Waals surface area contributed by atoms with Gasteiger partial charge in [0.1, 0.15) is 6.61 Å². The van der Waals surface area contributed by atoms with Crippen LogP contribution < -0.4 is 5.73 Å². The smallest absolute Gasteiger partial charge is 0.404 e. The van der Waals surface area contributed by atoms with Crippen LogP contribution in [0.25, 0.3) is 0 Å². The average Bonchev–Trinajstić information content (AvgIpc) is 1.83. The Morgan fingerprint density at radius 1 is 1.78 bits per heavy atom. The number of rotatable bonds is 3. The molecule has 0 aliphatic carbocycles. The molecule has 0 heterocycles. The van der Waals surface area contributed by atoms with E-state index in [1.165, 1.54) is 7.11 Å². The maximum Gasteiger partial charge on any atom is 0.404 e. The number of ether oxygens (including phenoxy) is 2. The fraction of sp³-hybridized carbons (Fsp3) is 0.800. The second kappa shape index (κ2) is 4.14. The Balaban J connectivity index is 3.16. The van der Waals surface area contributed by atoms with Crippen LogP contribution in [0.4, 0.5) is 4.79 Å². The van der Waals surface area contributed by atoms with Crippen molar-refractivity contribution in [3.8, 4) is 0 Å². The molecule has 2 N–H and O–H groups in total. The van der Waals surface area contributed by atoms with Gasteiger partial charge in [-0.1, -0.05) is 0 Å². The highest BCUT2D eigenvalue weighted by Crippen LogP contribution is 1.87. The monoisotopic (exact) mass is 133 g/mol. The first kappa shape index (κ1) is 8.23. The fourth-order valence-electron chi connectivity index (χ4n) is 0.268. The molecule has 0 bridgehead atoms. The number of nitrogens with two attached hydrogens (primary N) is 1. The van der Waals surface area contributed by atoms with E-state index in [1.807, 2.05) is 0 Å². The van der Waals surface area contributed by atoms with Gasteiger partial charge in [-0.2, -0.15) is 0 Å². The predicted molar refractivity (Wildman–Crippen MR) is 32.0 cm³/mol. The number of methoxy groups -OCH3 is 1. The van der Waals surface area contributed by atoms with Crippen molar-refractivity contribution < 1.29 is 14.3 Å². The zero-order chi connectivity index (χ0) is 7.28. The lowest BCUT2D eigenvalue weighted by molar-refractivity contribution is 0.0493. The van der Waals surface area contributed by atoms with Crippen molar-refractivity contribution in [2.45, 2.75) is 13.0 Å². The Hall–Kier alpha value is -0.770. The number of amides is 1. The number of primary amides is 1. The second-order valence-corrected chi connectivity index (χ2v) is 1.68. The molecule has 1 atom stereocenters. The highest BCUT2D eigenvalue weighted by molar-refractivity contribution is 5.64. The summed E-state index contributed by atoms with van der Waals surface area (Å²) in [5.74, 6) is 0. The Morgan fingerprint density at radius 3 is 2.67 bits per heavy atom. The van der Waals surface area contributed by atoms with Crippen molar-refractivity contribution >= 4 is 6.09 Å². The van der Waals surface area contributed by atoms with E-state index in [-0.39, 0.29) is 12.7 Å². The van der Waals surface area contributed by atoms with Crippen LogP contribution in [0.3, 0.4) is 0 Å². The van der Waals surface area contributed by atoms with E-state index >= 15 is 0 Å². The molecule has 9 heavy (non-hydrogen) atoms. The van der Waals surface area contributed by atoms with Crippen LogP contribution in [0.2, 0.25) is 0 Å². The minimum atomic E-state index is -0.765. The summed E-state index contributed by atoms with van der Waals surface area (Å²) >= 11 is 0. The van der Waals surface area contributed by atoms with Crippen molar-refractivity contribution in [2.24, 2.45) is 5.73 Å². The van der Waals surface area contributed by atoms with Gasteiger partial charge in [0, 0.05) is 7.11 Å². The molecular weight excluding hydrogens is 122 g/mol. The molecule has 0 aliphatic rings. The van der Waals surface area contributed by atoms with Crippen LogP contribution in [0, 0.1) is 0 Å². The summed E-state index contributed by atoms with van der Waals surface area (Å²) in [6, 6.07) is 0. The molecule has 4 heteroatoms. The summed E-state index contributed by atoms with van der Waals surface area (Å²) in [5, 5.41) is 0. The molecule has 0 spiro atoms. The molecule has 0 saturated carbocycles. The minimum absolute atomic E-state index is 0.0856. The van der Waals surface area contributed by atoms with Crippen LogP contribution in [0.5, 0.6) is 0 Å². The number of carbonyl (C=O) groups excluding carboxylic acids is 1. The van der Waals surface area contributed by atoms with Crippen LogP contribution in [0.1, 0.15) is 6.92 Å². The number of hydrogen-bond acceptors (Lipinski definition) is 3. The van der Waals surface area contributed by atoms with Gasteiger partial charge in [-0.15, -0.1) is 0 Å². The Kier molecular flexibility index (Phi) is 3.79. The van der Waals surface area contributed by atoms with Gasteiger partial charge in [0.05, 0.1) is 6.10 Å². The first-order chi connectivity index (χ1) is 4.16. The second-order valence-electron chi connectivity index (χ2n) is 1.68. The first-order valence-corrected chi connectivity index (χ1v) is 2.62. The molecule has 54 valence electrons. The Bertz CT molecular complexity index is 94.2. The summed E-state index contributed by atoms with van der Waals surface area (Å²) in [6.45, 7) is 1.99. The topological polar surface area (TPSA) is 61.6 Å². The average molecular weight is 133 g/mol. The maximum absolute atomic E-state index is 9.96. The van der Waals surface area contributed by atoms with Crippen LogP contribution in [0.15, 0.2) is 0 Å². The van der Waals surface area contributed by atoms with E-state index in [9.17, 15) is 4.79 Å². The van der Waals surface area contributed by atoms with Crippen molar-refractivity contribution in [2.75, 3.05) is 13.7 Å². The van der Waals surface area contributed by atoms with E-state index in [0.717, 1.165) is 0 Å². The SMILES string of the molecule is CO[C@@H](C)COC(N)=O. The van der Waals surface area contributed by atoms with Gasteiger partial charge in [0.15, 0.2) is 0 Å². The summed E-state index contributed by atoms with van der Waals surface area (Å²) in [4.78, 5) is 9.96. The standard InChI is InChI=1S/C5H11NO3/c1-4(8-2)3-9-5(6)7/h4H,3H2,1-2H3,(H2,6,7)/t4-/m0/s1. The normalized spacial score (nSPS) is 12.7. The lowest BCUT2D eigenvalue weighted by Crippen LogP contribution is -2.21. The minimum Gasteiger partial charge on any atom is -0.447 e. The molecule has 0 aromatic rings. The highest BCUT2D eigenvalue weighted by atomic mass is 16.6. The molecule has 0 aromatic carbocycles. The molecule has 0 unspecified atom stereocenters. The molecular formula is C5H11NO3. The van der Waals surface area contributed by atoms with Gasteiger partial charge < -0.3 is 15.2 Å². The highest BCUT2D eigenvalue weighted by Gasteiger charge is 2.00. The van der Waals surface area contributed by atoms with Crippen molar-refractivity contribution in [1.82, 2.24) is 0 Å². The largest absolute Gasteiger partial charge is 0.447 e. The summed E-state index contributed by atoms with van der Waals surface area (Å²) in [6.07, 6.45) is -0.851. The third-order valence-corrected chi connectivity index (χ3v) is 0.863. The van der Waals surface area contributed by atoms with Crippen molar-refractivity contribution in [1.29, 1.82) is 0 Å². The van der Waals surface area contributed by atoms with E-state index in [4.69, 9.17) is 4.74 Å². The third kappa shape index (κ3) is 5.10. The van der Waals surface area contributed by atoms with Crippen molar-refractivity contribution in [3.63, 3.8) is 0 Å². The lowest BCUT2D eigenvalue weighted by Gasteiger charge is -2.07. The Morgan fingerprint density at radius 2 is 2.33 bits per heavy atom.